The highest BCUT2D eigenvalue weighted by atomic mass is 32.1. The van der Waals surface area contributed by atoms with E-state index >= 15 is 0 Å². The summed E-state index contributed by atoms with van der Waals surface area (Å²) in [6.07, 6.45) is 6.04. The first-order chi connectivity index (χ1) is 11.2. The average Bonchev–Trinajstić information content (AvgIpc) is 3.10. The molecule has 0 unspecified atom stereocenters. The van der Waals surface area contributed by atoms with Gasteiger partial charge in [-0.05, 0) is 24.3 Å². The number of amides is 2. The van der Waals surface area contributed by atoms with Crippen molar-refractivity contribution in [1.82, 2.24) is 10.2 Å². The summed E-state index contributed by atoms with van der Waals surface area (Å²) in [6, 6.07) is 4.18. The number of hydrogen-bond donors (Lipinski definition) is 2. The summed E-state index contributed by atoms with van der Waals surface area (Å²) < 4.78 is 0. The molecular formula is C17H26N3O2S+. The number of carbonyl (C=O) groups is 2. The summed E-state index contributed by atoms with van der Waals surface area (Å²) >= 11 is 1.49. The monoisotopic (exact) mass is 336 g/mol. The normalized spacial score (nSPS) is 20.4. The lowest BCUT2D eigenvalue weighted by atomic mass is 9.95. The third-order valence-electron chi connectivity index (χ3n) is 4.87. The molecule has 1 saturated carbocycles. The smallest absolute Gasteiger partial charge is 0.275 e. The van der Waals surface area contributed by atoms with Gasteiger partial charge in [0.2, 0.25) is 0 Å². The lowest BCUT2D eigenvalue weighted by Crippen LogP contribution is -3.15. The van der Waals surface area contributed by atoms with E-state index in [2.05, 4.69) is 5.32 Å². The second-order valence-electron chi connectivity index (χ2n) is 6.60. The maximum atomic E-state index is 12.3. The Hall–Kier alpha value is -1.40. The van der Waals surface area contributed by atoms with E-state index in [0.717, 1.165) is 43.9 Å². The van der Waals surface area contributed by atoms with E-state index < -0.39 is 0 Å². The van der Waals surface area contributed by atoms with Crippen molar-refractivity contribution in [3.63, 3.8) is 0 Å². The highest BCUT2D eigenvalue weighted by Gasteiger charge is 2.27. The van der Waals surface area contributed by atoms with E-state index in [1.807, 2.05) is 22.4 Å². The Morgan fingerprint density at radius 3 is 2.61 bits per heavy atom. The van der Waals surface area contributed by atoms with Crippen molar-refractivity contribution < 1.29 is 14.5 Å². The first-order valence-electron chi connectivity index (χ1n) is 8.68. The minimum atomic E-state index is 0.130. The molecule has 1 aromatic rings. The number of quaternary nitrogens is 1. The fourth-order valence-electron chi connectivity index (χ4n) is 3.51. The van der Waals surface area contributed by atoms with Gasteiger partial charge in [0.1, 0.15) is 0 Å². The molecule has 3 rings (SSSR count). The van der Waals surface area contributed by atoms with Gasteiger partial charge in [-0.2, -0.15) is 0 Å². The van der Waals surface area contributed by atoms with Crippen molar-refractivity contribution >= 4 is 23.2 Å². The van der Waals surface area contributed by atoms with Gasteiger partial charge in [-0.25, -0.2) is 0 Å². The second-order valence-corrected chi connectivity index (χ2v) is 7.55. The molecule has 2 N–H and O–H groups in total. The number of nitrogens with zero attached hydrogens (tertiary/aromatic N) is 1. The molecular weight excluding hydrogens is 310 g/mol. The highest BCUT2D eigenvalue weighted by Crippen LogP contribution is 2.17. The molecule has 0 spiro atoms. The summed E-state index contributed by atoms with van der Waals surface area (Å²) in [6.45, 7) is 3.73. The van der Waals surface area contributed by atoms with Gasteiger partial charge >= 0.3 is 0 Å². The van der Waals surface area contributed by atoms with Gasteiger partial charge in [0.15, 0.2) is 6.54 Å². The van der Waals surface area contributed by atoms with Crippen LogP contribution in [0.15, 0.2) is 17.5 Å². The molecule has 1 aliphatic carbocycles. The van der Waals surface area contributed by atoms with Crippen LogP contribution >= 0.6 is 11.3 Å². The largest absolute Gasteiger partial charge is 0.348 e. The van der Waals surface area contributed by atoms with Crippen molar-refractivity contribution in [3.8, 4) is 0 Å². The molecule has 0 bridgehead atoms. The number of thiophene rings is 1. The summed E-state index contributed by atoms with van der Waals surface area (Å²) in [5.74, 6) is 0.302. The van der Waals surface area contributed by atoms with Crippen molar-refractivity contribution in [2.75, 3.05) is 32.7 Å². The molecule has 0 atom stereocenters. The first kappa shape index (κ1) is 16.5. The van der Waals surface area contributed by atoms with Crippen molar-refractivity contribution in [1.29, 1.82) is 0 Å². The quantitative estimate of drug-likeness (QED) is 0.843. The molecule has 1 aliphatic heterocycles. The van der Waals surface area contributed by atoms with Crippen molar-refractivity contribution in [3.05, 3.63) is 22.4 Å². The van der Waals surface area contributed by atoms with E-state index in [4.69, 9.17) is 0 Å². The lowest BCUT2D eigenvalue weighted by molar-refractivity contribution is -0.896. The molecule has 1 saturated heterocycles. The van der Waals surface area contributed by atoms with Crippen LogP contribution in [-0.4, -0.2) is 55.5 Å². The zero-order valence-corrected chi connectivity index (χ0v) is 14.4. The summed E-state index contributed by atoms with van der Waals surface area (Å²) in [5.41, 5.74) is 0. The first-order valence-corrected chi connectivity index (χ1v) is 9.56. The molecule has 6 heteroatoms. The number of carbonyl (C=O) groups excluding carboxylic acids is 2. The van der Waals surface area contributed by atoms with Crippen molar-refractivity contribution in [2.24, 2.45) is 0 Å². The molecule has 2 heterocycles. The van der Waals surface area contributed by atoms with Crippen LogP contribution in [0.3, 0.4) is 0 Å². The van der Waals surface area contributed by atoms with E-state index in [1.165, 1.54) is 35.5 Å². The topological polar surface area (TPSA) is 53.9 Å². The zero-order valence-electron chi connectivity index (χ0n) is 13.6. The third-order valence-corrected chi connectivity index (χ3v) is 5.73. The molecule has 0 aromatic carbocycles. The van der Waals surface area contributed by atoms with Gasteiger partial charge in [-0.1, -0.05) is 25.3 Å². The Labute approximate surface area is 141 Å². The van der Waals surface area contributed by atoms with E-state index in [0.29, 0.717) is 12.6 Å². The number of hydrogen-bond acceptors (Lipinski definition) is 3. The lowest BCUT2D eigenvalue weighted by Gasteiger charge is -2.32. The van der Waals surface area contributed by atoms with Crippen LogP contribution in [0.2, 0.25) is 0 Å². The predicted molar refractivity (Wildman–Crippen MR) is 90.8 cm³/mol. The van der Waals surface area contributed by atoms with E-state index in [9.17, 15) is 9.59 Å². The van der Waals surface area contributed by atoms with Gasteiger partial charge < -0.3 is 15.1 Å². The Kier molecular flexibility index (Phi) is 5.67. The Morgan fingerprint density at radius 1 is 1.22 bits per heavy atom. The van der Waals surface area contributed by atoms with Crippen LogP contribution < -0.4 is 10.2 Å². The summed E-state index contributed by atoms with van der Waals surface area (Å²) in [4.78, 5) is 28.5. The SMILES string of the molecule is O=C(C[NH+]1CCN(C(=O)c2cccs2)CC1)NC1CCCCC1. The highest BCUT2D eigenvalue weighted by molar-refractivity contribution is 7.12. The number of piperazine rings is 1. The van der Waals surface area contributed by atoms with Crippen LogP contribution in [0.1, 0.15) is 41.8 Å². The fourth-order valence-corrected chi connectivity index (χ4v) is 4.20. The Balaban J connectivity index is 1.40. The van der Waals surface area contributed by atoms with Crippen LogP contribution in [-0.2, 0) is 4.79 Å². The minimum Gasteiger partial charge on any atom is -0.348 e. The number of nitrogens with one attached hydrogen (secondary N) is 2. The van der Waals surface area contributed by atoms with Crippen LogP contribution in [0.4, 0.5) is 0 Å². The van der Waals surface area contributed by atoms with Crippen molar-refractivity contribution in [2.45, 2.75) is 38.1 Å². The van der Waals surface area contributed by atoms with Crippen LogP contribution in [0, 0.1) is 0 Å². The van der Waals surface area contributed by atoms with Gasteiger partial charge in [0.05, 0.1) is 31.1 Å². The molecule has 126 valence electrons. The fraction of sp³-hybridized carbons (Fsp3) is 0.647. The number of rotatable bonds is 4. The Bertz CT molecular complexity index is 518. The molecule has 5 nitrogen and oxygen atoms in total. The van der Waals surface area contributed by atoms with Gasteiger partial charge in [-0.3, -0.25) is 9.59 Å². The standard InChI is InChI=1S/C17H25N3O2S/c21-16(18-14-5-2-1-3-6-14)13-19-8-10-20(11-9-19)17(22)15-7-4-12-23-15/h4,7,12,14H,1-3,5-6,8-11,13H2,(H,18,21)/p+1. The van der Waals surface area contributed by atoms with E-state index in [1.54, 1.807) is 0 Å². The van der Waals surface area contributed by atoms with Gasteiger partial charge in [0.25, 0.3) is 11.8 Å². The van der Waals surface area contributed by atoms with E-state index in [-0.39, 0.29) is 11.8 Å². The minimum absolute atomic E-state index is 0.130. The molecule has 23 heavy (non-hydrogen) atoms. The summed E-state index contributed by atoms with van der Waals surface area (Å²) in [7, 11) is 0. The molecule has 2 aliphatic rings. The average molecular weight is 336 g/mol. The van der Waals surface area contributed by atoms with Crippen LogP contribution in [0.5, 0.6) is 0 Å². The van der Waals surface area contributed by atoms with Crippen LogP contribution in [0.25, 0.3) is 0 Å². The molecule has 1 aromatic heterocycles. The molecule has 2 fully saturated rings. The van der Waals surface area contributed by atoms with Gasteiger partial charge in [-0.15, -0.1) is 11.3 Å². The molecule has 0 radical (unpaired) electrons. The van der Waals surface area contributed by atoms with Gasteiger partial charge in [0, 0.05) is 6.04 Å². The maximum absolute atomic E-state index is 12.3. The predicted octanol–water partition coefficient (Wildman–Crippen LogP) is 0.538. The second kappa shape index (κ2) is 7.93. The summed E-state index contributed by atoms with van der Waals surface area (Å²) in [5, 5.41) is 5.12. The third kappa shape index (κ3) is 4.54. The molecule has 2 amide bonds. The maximum Gasteiger partial charge on any atom is 0.275 e. The Morgan fingerprint density at radius 2 is 1.96 bits per heavy atom. The zero-order chi connectivity index (χ0) is 16.1.